The highest BCUT2D eigenvalue weighted by Crippen LogP contribution is 2.09. The normalized spacial score (nSPS) is 11.2. The third-order valence-corrected chi connectivity index (χ3v) is 4.04. The number of hydrogen-bond donors (Lipinski definition) is 3. The molecule has 1 amide bonds. The van der Waals surface area contributed by atoms with Gasteiger partial charge in [0.05, 0.1) is 0 Å². The predicted molar refractivity (Wildman–Crippen MR) is 103 cm³/mol. The van der Waals surface area contributed by atoms with Crippen LogP contribution in [0, 0.1) is 25.5 Å². The second kappa shape index (κ2) is 9.66. The topological polar surface area (TPSA) is 65.5 Å². The molecule has 7 heteroatoms. The Hall–Kier alpha value is -2.96. The van der Waals surface area contributed by atoms with Gasteiger partial charge in [0.1, 0.15) is 11.6 Å². The molecule has 5 nitrogen and oxygen atoms in total. The number of aliphatic imine (C=N–C) groups is 1. The number of benzene rings is 2. The van der Waals surface area contributed by atoms with Crippen LogP contribution >= 0.6 is 0 Å². The molecule has 0 fully saturated rings. The molecule has 0 aliphatic heterocycles. The Labute approximate surface area is 157 Å². The lowest BCUT2D eigenvalue weighted by Gasteiger charge is -2.13. The fourth-order valence-electron chi connectivity index (χ4n) is 2.42. The van der Waals surface area contributed by atoms with Crippen LogP contribution in [0.5, 0.6) is 0 Å². The first-order valence-corrected chi connectivity index (χ1v) is 8.64. The van der Waals surface area contributed by atoms with Gasteiger partial charge in [-0.1, -0.05) is 18.2 Å². The Morgan fingerprint density at radius 1 is 0.926 bits per heavy atom. The van der Waals surface area contributed by atoms with E-state index >= 15 is 0 Å². The van der Waals surface area contributed by atoms with Crippen molar-refractivity contribution in [2.24, 2.45) is 4.99 Å². The van der Waals surface area contributed by atoms with Crippen LogP contribution in [0.15, 0.2) is 41.4 Å². The molecule has 27 heavy (non-hydrogen) atoms. The average Bonchev–Trinajstić information content (AvgIpc) is 2.65. The van der Waals surface area contributed by atoms with Gasteiger partial charge in [-0.3, -0.25) is 9.79 Å². The summed E-state index contributed by atoms with van der Waals surface area (Å²) in [6.45, 7) is 4.66. The molecule has 144 valence electrons. The first-order valence-electron chi connectivity index (χ1n) is 8.64. The number of halogens is 2. The standard InChI is InChI=1S/C20H24F2N4O/c1-13-4-6-16(11-18(13)22)19(27)24-8-9-25-20(23-3)26-12-15-5-7-17(21)14(2)10-15/h4-7,10-11H,8-9,12H2,1-3H3,(H,24,27)(H2,23,25,26). The molecule has 0 saturated heterocycles. The molecule has 2 aromatic rings. The number of nitrogens with one attached hydrogen (secondary N) is 3. The lowest BCUT2D eigenvalue weighted by atomic mass is 10.1. The van der Waals surface area contributed by atoms with Gasteiger partial charge >= 0.3 is 0 Å². The number of carbonyl (C=O) groups excluding carboxylic acids is 1. The lowest BCUT2D eigenvalue weighted by molar-refractivity contribution is 0.0954. The number of amides is 1. The van der Waals surface area contributed by atoms with Crippen LogP contribution in [0.2, 0.25) is 0 Å². The number of rotatable bonds is 6. The van der Waals surface area contributed by atoms with Gasteiger partial charge in [-0.05, 0) is 48.7 Å². The van der Waals surface area contributed by atoms with Crippen LogP contribution in [-0.2, 0) is 6.54 Å². The Morgan fingerprint density at radius 2 is 1.67 bits per heavy atom. The summed E-state index contributed by atoms with van der Waals surface area (Å²) < 4.78 is 26.8. The fraction of sp³-hybridized carbons (Fsp3) is 0.300. The highest BCUT2D eigenvalue weighted by atomic mass is 19.1. The number of nitrogens with zero attached hydrogens (tertiary/aromatic N) is 1. The molecule has 0 unspecified atom stereocenters. The fourth-order valence-corrected chi connectivity index (χ4v) is 2.42. The monoisotopic (exact) mass is 374 g/mol. The van der Waals surface area contributed by atoms with E-state index in [1.807, 2.05) is 0 Å². The van der Waals surface area contributed by atoms with Gasteiger partial charge in [0.15, 0.2) is 5.96 Å². The first kappa shape index (κ1) is 20.4. The molecule has 0 bridgehead atoms. The molecular weight excluding hydrogens is 350 g/mol. The van der Waals surface area contributed by atoms with Gasteiger partial charge in [0.2, 0.25) is 0 Å². The molecule has 2 aromatic carbocycles. The molecule has 0 spiro atoms. The zero-order chi connectivity index (χ0) is 19.8. The van der Waals surface area contributed by atoms with Crippen molar-refractivity contribution < 1.29 is 13.6 Å². The minimum Gasteiger partial charge on any atom is -0.355 e. The van der Waals surface area contributed by atoms with Gasteiger partial charge in [-0.25, -0.2) is 8.78 Å². The lowest BCUT2D eigenvalue weighted by Crippen LogP contribution is -2.41. The van der Waals surface area contributed by atoms with Crippen molar-refractivity contribution in [3.63, 3.8) is 0 Å². The average molecular weight is 374 g/mol. The van der Waals surface area contributed by atoms with Crippen molar-refractivity contribution in [3.05, 3.63) is 70.3 Å². The molecule has 0 radical (unpaired) electrons. The van der Waals surface area contributed by atoms with E-state index in [2.05, 4.69) is 20.9 Å². The maximum absolute atomic E-state index is 13.5. The van der Waals surface area contributed by atoms with E-state index in [9.17, 15) is 13.6 Å². The van der Waals surface area contributed by atoms with E-state index in [-0.39, 0.29) is 17.3 Å². The van der Waals surface area contributed by atoms with Gasteiger partial charge in [-0.15, -0.1) is 0 Å². The molecule has 2 rings (SSSR count). The summed E-state index contributed by atoms with van der Waals surface area (Å²) in [6.07, 6.45) is 0. The number of guanidine groups is 1. The SMILES string of the molecule is CN=C(NCCNC(=O)c1ccc(C)c(F)c1)NCc1ccc(F)c(C)c1. The van der Waals surface area contributed by atoms with Crippen LogP contribution in [0.3, 0.4) is 0 Å². The predicted octanol–water partition coefficient (Wildman–Crippen LogP) is 2.68. The minimum absolute atomic E-state index is 0.231. The summed E-state index contributed by atoms with van der Waals surface area (Å²) in [5.41, 5.74) is 2.31. The number of aryl methyl sites for hydroxylation is 2. The summed E-state index contributed by atoms with van der Waals surface area (Å²) >= 11 is 0. The summed E-state index contributed by atoms with van der Waals surface area (Å²) in [6, 6.07) is 9.31. The van der Waals surface area contributed by atoms with Gasteiger partial charge in [-0.2, -0.15) is 0 Å². The molecular formula is C20H24F2N4O. The van der Waals surface area contributed by atoms with E-state index in [0.717, 1.165) is 5.56 Å². The second-order valence-corrected chi connectivity index (χ2v) is 6.16. The minimum atomic E-state index is -0.401. The molecule has 0 heterocycles. The van der Waals surface area contributed by atoms with E-state index in [0.29, 0.717) is 36.7 Å². The summed E-state index contributed by atoms with van der Waals surface area (Å²) in [5.74, 6) is -0.403. The molecule has 3 N–H and O–H groups in total. The molecule has 0 saturated carbocycles. The van der Waals surface area contributed by atoms with Crippen molar-refractivity contribution in [3.8, 4) is 0 Å². The Morgan fingerprint density at radius 3 is 2.33 bits per heavy atom. The first-order chi connectivity index (χ1) is 12.9. The quantitative estimate of drug-likeness (QED) is 0.414. The zero-order valence-electron chi connectivity index (χ0n) is 15.7. The maximum Gasteiger partial charge on any atom is 0.251 e. The van der Waals surface area contributed by atoms with Gasteiger partial charge in [0.25, 0.3) is 5.91 Å². The third kappa shape index (κ3) is 6.06. The molecule has 0 atom stereocenters. The summed E-state index contributed by atoms with van der Waals surface area (Å²) in [7, 11) is 1.64. The Balaban J connectivity index is 1.75. The van der Waals surface area contributed by atoms with Crippen molar-refractivity contribution >= 4 is 11.9 Å². The van der Waals surface area contributed by atoms with Crippen LogP contribution in [-0.4, -0.2) is 32.0 Å². The maximum atomic E-state index is 13.5. The summed E-state index contributed by atoms with van der Waals surface area (Å²) in [5, 5.41) is 8.91. The highest BCUT2D eigenvalue weighted by Gasteiger charge is 2.07. The van der Waals surface area contributed by atoms with Crippen LogP contribution < -0.4 is 16.0 Å². The van der Waals surface area contributed by atoms with Crippen LogP contribution in [0.4, 0.5) is 8.78 Å². The van der Waals surface area contributed by atoms with E-state index in [4.69, 9.17) is 0 Å². The van der Waals surface area contributed by atoms with Crippen LogP contribution in [0.1, 0.15) is 27.0 Å². The number of hydrogen-bond acceptors (Lipinski definition) is 2. The van der Waals surface area contributed by atoms with Crippen molar-refractivity contribution in [1.82, 2.24) is 16.0 Å². The van der Waals surface area contributed by atoms with E-state index in [1.54, 1.807) is 45.2 Å². The van der Waals surface area contributed by atoms with Crippen LogP contribution in [0.25, 0.3) is 0 Å². The van der Waals surface area contributed by atoms with Gasteiger partial charge in [0, 0.05) is 32.2 Å². The summed E-state index contributed by atoms with van der Waals surface area (Å²) in [4.78, 5) is 16.1. The Bertz CT molecular complexity index is 837. The molecule has 0 aliphatic rings. The third-order valence-electron chi connectivity index (χ3n) is 4.04. The number of carbonyl (C=O) groups is 1. The molecule has 0 aromatic heterocycles. The molecule has 0 aliphatic carbocycles. The van der Waals surface area contributed by atoms with E-state index < -0.39 is 5.82 Å². The second-order valence-electron chi connectivity index (χ2n) is 6.16. The van der Waals surface area contributed by atoms with Crippen molar-refractivity contribution in [2.75, 3.05) is 20.1 Å². The zero-order valence-corrected chi connectivity index (χ0v) is 15.7. The van der Waals surface area contributed by atoms with Crippen molar-refractivity contribution in [2.45, 2.75) is 20.4 Å². The Kier molecular flexibility index (Phi) is 7.28. The smallest absolute Gasteiger partial charge is 0.251 e. The van der Waals surface area contributed by atoms with Gasteiger partial charge < -0.3 is 16.0 Å². The van der Waals surface area contributed by atoms with Crippen molar-refractivity contribution in [1.29, 1.82) is 0 Å². The van der Waals surface area contributed by atoms with E-state index in [1.165, 1.54) is 12.1 Å². The largest absolute Gasteiger partial charge is 0.355 e. The highest BCUT2D eigenvalue weighted by molar-refractivity contribution is 5.94.